The molecule has 0 aromatic carbocycles. The largest absolute Gasteiger partial charge is 0.456 e. The number of aldehydes is 1. The lowest BCUT2D eigenvalue weighted by Crippen LogP contribution is -2.64. The van der Waals surface area contributed by atoms with Crippen LogP contribution in [0.2, 0.25) is 0 Å². The molecular weight excluding hydrogens is 552 g/mol. The molecule has 3 fully saturated rings. The van der Waals surface area contributed by atoms with Crippen LogP contribution >= 0.6 is 0 Å². The molecule has 5 aliphatic rings. The van der Waals surface area contributed by atoms with E-state index in [4.69, 9.17) is 23.7 Å². The van der Waals surface area contributed by atoms with Gasteiger partial charge in [-0.15, -0.1) is 0 Å². The topological polar surface area (TPSA) is 114 Å². The second-order valence-electron chi connectivity index (χ2n) is 14.9. The van der Waals surface area contributed by atoms with E-state index < -0.39 is 58.9 Å². The van der Waals surface area contributed by atoms with Gasteiger partial charge in [0.25, 0.3) is 0 Å². The van der Waals surface area contributed by atoms with Crippen LogP contribution in [0.25, 0.3) is 0 Å². The van der Waals surface area contributed by atoms with Crippen molar-refractivity contribution in [1.82, 2.24) is 0 Å². The van der Waals surface area contributed by atoms with Gasteiger partial charge in [-0.3, -0.25) is 14.4 Å². The smallest absolute Gasteiger partial charge is 0.320 e. The highest BCUT2D eigenvalue weighted by atomic mass is 16.7. The van der Waals surface area contributed by atoms with Crippen LogP contribution in [0.15, 0.2) is 23.8 Å². The maximum atomic E-state index is 14.7. The van der Waals surface area contributed by atoms with Gasteiger partial charge in [0.05, 0.1) is 23.5 Å². The molecule has 1 aliphatic heterocycles. The molecule has 5 rings (SSSR count). The Morgan fingerprint density at radius 3 is 2.42 bits per heavy atom. The van der Waals surface area contributed by atoms with E-state index in [1.807, 2.05) is 6.92 Å². The van der Waals surface area contributed by atoms with E-state index in [2.05, 4.69) is 26.8 Å². The van der Waals surface area contributed by atoms with E-state index in [0.717, 1.165) is 31.1 Å². The van der Waals surface area contributed by atoms with Crippen LogP contribution in [0.3, 0.4) is 0 Å². The molecule has 0 N–H and O–H groups in total. The number of allylic oxidation sites excluding steroid dienone is 1. The van der Waals surface area contributed by atoms with Crippen molar-refractivity contribution in [1.29, 1.82) is 0 Å². The van der Waals surface area contributed by atoms with Gasteiger partial charge < -0.3 is 28.5 Å². The molecule has 43 heavy (non-hydrogen) atoms. The highest BCUT2D eigenvalue weighted by Crippen LogP contribution is 2.82. The maximum Gasteiger partial charge on any atom is 0.320 e. The van der Waals surface area contributed by atoms with Gasteiger partial charge in [-0.1, -0.05) is 38.8 Å². The molecule has 1 heterocycles. The zero-order chi connectivity index (χ0) is 31.5. The summed E-state index contributed by atoms with van der Waals surface area (Å²) in [7, 11) is 0. The minimum Gasteiger partial charge on any atom is -0.456 e. The third-order valence-electron chi connectivity index (χ3n) is 11.2. The number of esters is 3. The first-order chi connectivity index (χ1) is 20.1. The van der Waals surface area contributed by atoms with E-state index in [0.29, 0.717) is 12.3 Å². The lowest BCUT2D eigenvalue weighted by atomic mass is 9.43. The summed E-state index contributed by atoms with van der Waals surface area (Å²) in [6.07, 6.45) is 8.34. The van der Waals surface area contributed by atoms with Gasteiger partial charge in [-0.2, -0.15) is 0 Å². The van der Waals surface area contributed by atoms with Gasteiger partial charge in [0.1, 0.15) is 17.8 Å². The Labute approximate surface area is 255 Å². The van der Waals surface area contributed by atoms with Gasteiger partial charge in [0, 0.05) is 12.3 Å². The summed E-state index contributed by atoms with van der Waals surface area (Å²) in [6, 6.07) is 0. The molecule has 0 radical (unpaired) electrons. The van der Waals surface area contributed by atoms with Crippen LogP contribution in [0.1, 0.15) is 81.1 Å². The Morgan fingerprint density at radius 2 is 1.81 bits per heavy atom. The summed E-state index contributed by atoms with van der Waals surface area (Å²) >= 11 is 0. The van der Waals surface area contributed by atoms with Crippen molar-refractivity contribution in [3.8, 4) is 0 Å². The summed E-state index contributed by atoms with van der Waals surface area (Å²) in [5.41, 5.74) is -2.74. The van der Waals surface area contributed by atoms with Crippen molar-refractivity contribution >= 4 is 24.2 Å². The maximum absolute atomic E-state index is 14.7. The van der Waals surface area contributed by atoms with E-state index in [9.17, 15) is 19.2 Å². The summed E-state index contributed by atoms with van der Waals surface area (Å²) in [5, 5.41) is 0. The second-order valence-corrected chi connectivity index (χ2v) is 14.9. The molecule has 0 amide bonds. The molecular formula is C34H48O9. The van der Waals surface area contributed by atoms with Gasteiger partial charge in [0.15, 0.2) is 6.29 Å². The molecule has 238 valence electrons. The molecule has 0 spiro atoms. The quantitative estimate of drug-likeness (QED) is 0.153. The van der Waals surface area contributed by atoms with Gasteiger partial charge >= 0.3 is 17.9 Å². The molecule has 0 unspecified atom stereocenters. The number of carbonyl (C=O) groups is 4. The average molecular weight is 601 g/mol. The van der Waals surface area contributed by atoms with Gasteiger partial charge in [-0.25, -0.2) is 0 Å². The fourth-order valence-electron chi connectivity index (χ4n) is 9.41. The number of hydrogen-bond acceptors (Lipinski definition) is 9. The fraction of sp³-hybridized carbons (Fsp3) is 0.765. The Kier molecular flexibility index (Phi) is 8.25. The van der Waals surface area contributed by atoms with E-state index in [-0.39, 0.29) is 36.2 Å². The van der Waals surface area contributed by atoms with Crippen molar-refractivity contribution < 1.29 is 42.9 Å². The van der Waals surface area contributed by atoms with Crippen LogP contribution in [-0.4, -0.2) is 56.1 Å². The highest BCUT2D eigenvalue weighted by Gasteiger charge is 2.84. The van der Waals surface area contributed by atoms with Crippen LogP contribution in [0.4, 0.5) is 0 Å². The Morgan fingerprint density at radius 1 is 1.09 bits per heavy atom. The van der Waals surface area contributed by atoms with E-state index >= 15 is 0 Å². The summed E-state index contributed by atoms with van der Waals surface area (Å²) in [5.74, 6) is -0.695. The molecule has 3 saturated carbocycles. The van der Waals surface area contributed by atoms with Crippen molar-refractivity contribution in [3.63, 3.8) is 0 Å². The lowest BCUT2D eigenvalue weighted by molar-refractivity contribution is -0.221. The van der Waals surface area contributed by atoms with Crippen LogP contribution in [-0.2, 0) is 42.9 Å². The predicted octanol–water partition coefficient (Wildman–Crippen LogP) is 5.17. The van der Waals surface area contributed by atoms with Crippen molar-refractivity contribution in [3.05, 3.63) is 23.8 Å². The summed E-state index contributed by atoms with van der Waals surface area (Å²) in [6.45, 7) is 14.5. The van der Waals surface area contributed by atoms with E-state index in [1.165, 1.54) is 6.92 Å². The Hall–Kier alpha value is -2.52. The molecule has 0 aromatic heterocycles. The molecule has 0 saturated heterocycles. The lowest BCUT2D eigenvalue weighted by Gasteiger charge is -2.58. The monoisotopic (exact) mass is 600 g/mol. The predicted molar refractivity (Wildman–Crippen MR) is 156 cm³/mol. The Balaban J connectivity index is 1.52. The molecule has 4 bridgehead atoms. The first kappa shape index (κ1) is 31.9. The third-order valence-corrected chi connectivity index (χ3v) is 11.2. The van der Waals surface area contributed by atoms with Gasteiger partial charge in [0.2, 0.25) is 6.79 Å². The minimum absolute atomic E-state index is 0.0145. The van der Waals surface area contributed by atoms with Gasteiger partial charge in [-0.05, 0) is 88.7 Å². The number of hydrogen-bond donors (Lipinski definition) is 0. The zero-order valence-corrected chi connectivity index (χ0v) is 26.8. The number of ether oxygens (including phenoxy) is 5. The third kappa shape index (κ3) is 4.71. The average Bonchev–Trinajstić information content (AvgIpc) is 3.49. The number of carbonyl (C=O) groups excluding carboxylic acids is 4. The normalized spacial score (nSPS) is 41.0. The summed E-state index contributed by atoms with van der Waals surface area (Å²) < 4.78 is 29.2. The SMILES string of the molecule is CC(=O)O[C@H]1C=C[C@H](OC[C@@]23C[C@@H]4[C@H](C)CC[C@H]4[C@@]4(C=O)C[C@H]2C=C(C(C)C)[C@@]34C(=O)OCOC(=O)C(C)(C)C)O[C@@H]1C. The zero-order valence-electron chi connectivity index (χ0n) is 26.8. The number of fused-ring (bicyclic) bond motifs is 2. The van der Waals surface area contributed by atoms with Crippen LogP contribution in [0, 0.1) is 51.2 Å². The molecule has 9 heteroatoms. The van der Waals surface area contributed by atoms with Crippen molar-refractivity contribution in [2.45, 2.75) is 99.6 Å². The van der Waals surface area contributed by atoms with E-state index in [1.54, 1.807) is 32.9 Å². The van der Waals surface area contributed by atoms with Crippen LogP contribution in [0.5, 0.6) is 0 Å². The molecule has 10 atom stereocenters. The van der Waals surface area contributed by atoms with Crippen molar-refractivity contribution in [2.24, 2.45) is 51.2 Å². The molecule has 0 aromatic rings. The first-order valence-electron chi connectivity index (χ1n) is 15.8. The first-order valence-corrected chi connectivity index (χ1v) is 15.8. The van der Waals surface area contributed by atoms with Crippen LogP contribution < -0.4 is 0 Å². The fourth-order valence-corrected chi connectivity index (χ4v) is 9.41. The van der Waals surface area contributed by atoms with Crippen molar-refractivity contribution in [2.75, 3.05) is 13.4 Å². The Bertz CT molecular complexity index is 1210. The number of rotatable bonds is 9. The minimum atomic E-state index is -1.25. The summed E-state index contributed by atoms with van der Waals surface area (Å²) in [4.78, 5) is 52.3. The second kappa shape index (κ2) is 11.1. The molecule has 4 aliphatic carbocycles. The highest BCUT2D eigenvalue weighted by molar-refractivity contribution is 5.91. The standard InChI is InChI=1S/C34H48O9/c1-19(2)26-13-23-14-32(16-35)25-10-9-20(3)24(25)15-33(23,17-39-28-12-11-27(21(4)42-28)43-22(5)36)34(26,32)30(38)41-18-40-29(37)31(6,7)8/h11-13,16,19-21,23-25,27-28H,9-10,14-15,17-18H2,1-8H3/t20-,21-,23-,24-,25-,27+,28-,32+,33+,34+/m1/s1. The molecule has 9 nitrogen and oxygen atoms in total.